The van der Waals surface area contributed by atoms with Crippen molar-refractivity contribution in [1.82, 2.24) is 10.6 Å². The predicted molar refractivity (Wildman–Crippen MR) is 104 cm³/mol. The van der Waals surface area contributed by atoms with Crippen molar-refractivity contribution in [2.75, 3.05) is 19.7 Å². The molecule has 23 heavy (non-hydrogen) atoms. The van der Waals surface area contributed by atoms with Gasteiger partial charge in [0.2, 0.25) is 0 Å². The molecule has 0 aliphatic carbocycles. The van der Waals surface area contributed by atoms with Crippen LogP contribution in [0.25, 0.3) is 0 Å². The predicted octanol–water partition coefficient (Wildman–Crippen LogP) is 2.02. The van der Waals surface area contributed by atoms with E-state index in [4.69, 9.17) is 10.5 Å². The minimum atomic E-state index is -0.488. The minimum Gasteiger partial charge on any atom is -0.484 e. The van der Waals surface area contributed by atoms with Crippen LogP contribution in [0.3, 0.4) is 0 Å². The summed E-state index contributed by atoms with van der Waals surface area (Å²) in [4.78, 5) is 15.3. The number of hydrogen-bond donors (Lipinski definition) is 3. The molecule has 7 heteroatoms. The van der Waals surface area contributed by atoms with Crippen molar-refractivity contribution < 1.29 is 9.53 Å². The van der Waals surface area contributed by atoms with E-state index in [2.05, 4.69) is 22.5 Å². The van der Waals surface area contributed by atoms with Crippen LogP contribution in [0.1, 0.15) is 32.3 Å². The molecule has 1 aromatic rings. The smallest absolute Gasteiger partial charge is 0.255 e. The van der Waals surface area contributed by atoms with Crippen LogP contribution in [-0.4, -0.2) is 31.6 Å². The van der Waals surface area contributed by atoms with E-state index in [0.29, 0.717) is 12.3 Å². The van der Waals surface area contributed by atoms with E-state index in [1.807, 2.05) is 25.1 Å². The Bertz CT molecular complexity index is 495. The topological polar surface area (TPSA) is 88.7 Å². The van der Waals surface area contributed by atoms with Crippen LogP contribution in [0.4, 0.5) is 0 Å². The maximum atomic E-state index is 10.7. The Labute approximate surface area is 155 Å². The number of benzene rings is 1. The highest BCUT2D eigenvalue weighted by Crippen LogP contribution is 2.13. The minimum absolute atomic E-state index is 0. The Hall–Kier alpha value is -1.51. The van der Waals surface area contributed by atoms with Crippen molar-refractivity contribution in [1.29, 1.82) is 0 Å². The molecule has 0 radical (unpaired) electrons. The van der Waals surface area contributed by atoms with Crippen LogP contribution in [0, 0.1) is 0 Å². The number of halogens is 1. The zero-order chi connectivity index (χ0) is 16.2. The number of rotatable bonds is 9. The van der Waals surface area contributed by atoms with Gasteiger partial charge in [-0.15, -0.1) is 24.0 Å². The first-order valence-electron chi connectivity index (χ1n) is 7.68. The number of nitrogens with two attached hydrogens (primary N) is 1. The molecule has 0 aromatic heterocycles. The van der Waals surface area contributed by atoms with Crippen LogP contribution in [0.2, 0.25) is 0 Å². The van der Waals surface area contributed by atoms with Gasteiger partial charge in [0.05, 0.1) is 6.54 Å². The average molecular weight is 434 g/mol. The van der Waals surface area contributed by atoms with E-state index in [1.165, 1.54) is 0 Å². The standard InChI is InChI=1S/C16H26N4O2.HI/c1-3-5-9-19-16(18-4-2)20-11-13-7-6-8-14(10-13)22-12-15(17)21;/h6-8,10H,3-5,9,11-12H2,1-2H3,(H2,17,21)(H2,18,19,20);1H. The maximum absolute atomic E-state index is 10.7. The molecule has 1 rings (SSSR count). The summed E-state index contributed by atoms with van der Waals surface area (Å²) in [6.45, 7) is 6.34. The Morgan fingerprint density at radius 2 is 2.09 bits per heavy atom. The van der Waals surface area contributed by atoms with Crippen molar-refractivity contribution in [2.24, 2.45) is 10.7 Å². The van der Waals surface area contributed by atoms with Crippen molar-refractivity contribution >= 4 is 35.8 Å². The van der Waals surface area contributed by atoms with Gasteiger partial charge in [0.1, 0.15) is 5.75 Å². The molecule has 130 valence electrons. The van der Waals surface area contributed by atoms with Gasteiger partial charge in [-0.2, -0.15) is 0 Å². The molecule has 4 N–H and O–H groups in total. The molecular weight excluding hydrogens is 407 g/mol. The quantitative estimate of drug-likeness (QED) is 0.240. The van der Waals surface area contributed by atoms with Crippen molar-refractivity contribution in [3.8, 4) is 5.75 Å². The molecule has 0 heterocycles. The summed E-state index contributed by atoms with van der Waals surface area (Å²) >= 11 is 0. The number of hydrogen-bond acceptors (Lipinski definition) is 3. The van der Waals surface area contributed by atoms with Crippen molar-refractivity contribution in [3.05, 3.63) is 29.8 Å². The summed E-state index contributed by atoms with van der Waals surface area (Å²) in [7, 11) is 0. The van der Waals surface area contributed by atoms with E-state index in [-0.39, 0.29) is 30.6 Å². The molecule has 0 unspecified atom stereocenters. The van der Waals surface area contributed by atoms with Crippen LogP contribution in [0.5, 0.6) is 5.75 Å². The van der Waals surface area contributed by atoms with Gasteiger partial charge in [0.15, 0.2) is 12.6 Å². The molecule has 0 saturated heterocycles. The number of aliphatic imine (C=N–C) groups is 1. The molecule has 0 bridgehead atoms. The third kappa shape index (κ3) is 9.98. The zero-order valence-corrected chi connectivity index (χ0v) is 16.1. The van der Waals surface area contributed by atoms with E-state index in [1.54, 1.807) is 6.07 Å². The number of ether oxygens (including phenoxy) is 1. The summed E-state index contributed by atoms with van der Waals surface area (Å²) in [6, 6.07) is 7.50. The summed E-state index contributed by atoms with van der Waals surface area (Å²) in [5.41, 5.74) is 6.07. The molecule has 1 aromatic carbocycles. The van der Waals surface area contributed by atoms with Gasteiger partial charge in [-0.05, 0) is 31.0 Å². The molecule has 0 aliphatic rings. The fourth-order valence-corrected chi connectivity index (χ4v) is 1.78. The van der Waals surface area contributed by atoms with E-state index < -0.39 is 5.91 Å². The second-order valence-corrected chi connectivity index (χ2v) is 4.88. The lowest BCUT2D eigenvalue weighted by atomic mass is 10.2. The Kier molecular flexibility index (Phi) is 12.1. The van der Waals surface area contributed by atoms with Crippen LogP contribution in [-0.2, 0) is 11.3 Å². The number of carbonyl (C=O) groups is 1. The molecule has 1 amide bonds. The number of unbranched alkanes of at least 4 members (excludes halogenated alkanes) is 1. The first kappa shape index (κ1) is 21.5. The fraction of sp³-hybridized carbons (Fsp3) is 0.500. The normalized spacial score (nSPS) is 10.6. The van der Waals surface area contributed by atoms with Crippen molar-refractivity contribution in [2.45, 2.75) is 33.2 Å². The Morgan fingerprint density at radius 3 is 2.74 bits per heavy atom. The number of nitrogens with one attached hydrogen (secondary N) is 2. The van der Waals surface area contributed by atoms with Crippen LogP contribution < -0.4 is 21.1 Å². The second-order valence-electron chi connectivity index (χ2n) is 4.88. The monoisotopic (exact) mass is 434 g/mol. The number of amides is 1. The van der Waals surface area contributed by atoms with Gasteiger partial charge in [0, 0.05) is 13.1 Å². The number of carbonyl (C=O) groups excluding carboxylic acids is 1. The summed E-state index contributed by atoms with van der Waals surface area (Å²) in [6.07, 6.45) is 2.26. The highest BCUT2D eigenvalue weighted by molar-refractivity contribution is 14.0. The van der Waals surface area contributed by atoms with E-state index in [9.17, 15) is 4.79 Å². The number of guanidine groups is 1. The summed E-state index contributed by atoms with van der Waals surface area (Å²) in [5.74, 6) is 0.938. The lowest BCUT2D eigenvalue weighted by Crippen LogP contribution is -2.37. The highest BCUT2D eigenvalue weighted by Gasteiger charge is 2.00. The Balaban J connectivity index is 0.00000484. The average Bonchev–Trinajstić information content (AvgIpc) is 2.51. The first-order valence-corrected chi connectivity index (χ1v) is 7.68. The lowest BCUT2D eigenvalue weighted by molar-refractivity contribution is -0.119. The zero-order valence-electron chi connectivity index (χ0n) is 13.8. The van der Waals surface area contributed by atoms with Gasteiger partial charge in [-0.25, -0.2) is 4.99 Å². The summed E-state index contributed by atoms with van der Waals surface area (Å²) < 4.78 is 5.29. The number of primary amides is 1. The van der Waals surface area contributed by atoms with Crippen LogP contribution in [0.15, 0.2) is 29.3 Å². The molecule has 0 spiro atoms. The molecule has 6 nitrogen and oxygen atoms in total. The van der Waals surface area contributed by atoms with Gasteiger partial charge in [-0.1, -0.05) is 25.5 Å². The summed E-state index contributed by atoms with van der Waals surface area (Å²) in [5, 5.41) is 6.51. The van der Waals surface area contributed by atoms with Crippen molar-refractivity contribution in [3.63, 3.8) is 0 Å². The molecule has 0 fully saturated rings. The first-order chi connectivity index (χ1) is 10.7. The third-order valence-corrected chi connectivity index (χ3v) is 2.87. The lowest BCUT2D eigenvalue weighted by Gasteiger charge is -2.11. The van der Waals surface area contributed by atoms with Gasteiger partial charge in [-0.3, -0.25) is 4.79 Å². The molecule has 0 atom stereocenters. The molecular formula is C16H27IN4O2. The molecule has 0 saturated carbocycles. The third-order valence-electron chi connectivity index (χ3n) is 2.87. The maximum Gasteiger partial charge on any atom is 0.255 e. The fourth-order valence-electron chi connectivity index (χ4n) is 1.78. The number of nitrogens with zero attached hydrogens (tertiary/aromatic N) is 1. The van der Waals surface area contributed by atoms with E-state index in [0.717, 1.165) is 37.5 Å². The van der Waals surface area contributed by atoms with Gasteiger partial charge >= 0.3 is 0 Å². The molecule has 0 aliphatic heterocycles. The largest absolute Gasteiger partial charge is 0.484 e. The van der Waals surface area contributed by atoms with Gasteiger partial charge in [0.25, 0.3) is 5.91 Å². The second kappa shape index (κ2) is 13.0. The Morgan fingerprint density at radius 1 is 1.30 bits per heavy atom. The SMILES string of the molecule is CCCCNC(=NCc1cccc(OCC(N)=O)c1)NCC.I. The van der Waals surface area contributed by atoms with Gasteiger partial charge < -0.3 is 21.1 Å². The van der Waals surface area contributed by atoms with E-state index >= 15 is 0 Å². The van der Waals surface area contributed by atoms with Crippen LogP contribution >= 0.6 is 24.0 Å². The highest BCUT2D eigenvalue weighted by atomic mass is 127.